The third-order valence-electron chi connectivity index (χ3n) is 5.79. The molecule has 0 bridgehead atoms. The van der Waals surface area contributed by atoms with E-state index in [2.05, 4.69) is 25.7 Å². The van der Waals surface area contributed by atoms with Crippen molar-refractivity contribution in [3.05, 3.63) is 54.0 Å². The Balaban J connectivity index is 1.47. The van der Waals surface area contributed by atoms with Crippen LogP contribution in [-0.4, -0.2) is 37.9 Å². The molecule has 0 aliphatic heterocycles. The van der Waals surface area contributed by atoms with Gasteiger partial charge in [-0.25, -0.2) is 14.4 Å². The molecule has 4 rings (SSSR count). The highest BCUT2D eigenvalue weighted by Gasteiger charge is 2.22. The highest BCUT2D eigenvalue weighted by molar-refractivity contribution is 5.95. The lowest BCUT2D eigenvalue weighted by Gasteiger charge is -2.24. The van der Waals surface area contributed by atoms with Crippen molar-refractivity contribution in [3.8, 4) is 17.3 Å². The minimum atomic E-state index is -0.696. The number of anilines is 2. The molecule has 3 aromatic rings. The van der Waals surface area contributed by atoms with Gasteiger partial charge in [0.25, 0.3) is 5.91 Å². The first-order valence-electron chi connectivity index (χ1n) is 11.0. The van der Waals surface area contributed by atoms with Gasteiger partial charge in [0.15, 0.2) is 0 Å². The minimum absolute atomic E-state index is 0.217. The van der Waals surface area contributed by atoms with E-state index in [1.54, 1.807) is 31.5 Å². The van der Waals surface area contributed by atoms with Gasteiger partial charge in [-0.3, -0.25) is 9.48 Å². The fourth-order valence-corrected chi connectivity index (χ4v) is 3.92. The van der Waals surface area contributed by atoms with Crippen LogP contribution in [-0.2, 0) is 0 Å². The summed E-state index contributed by atoms with van der Waals surface area (Å²) in [6.45, 7) is 3.55. The van der Waals surface area contributed by atoms with Crippen LogP contribution >= 0.6 is 0 Å². The summed E-state index contributed by atoms with van der Waals surface area (Å²) in [4.78, 5) is 21.2. The number of nitrogens with zero attached hydrogens (tertiary/aromatic N) is 5. The highest BCUT2D eigenvalue weighted by Crippen LogP contribution is 2.30. The second kappa shape index (κ2) is 9.77. The number of hydrogen-bond acceptors (Lipinski definition) is 6. The molecule has 0 radical (unpaired) electrons. The maximum atomic E-state index is 13.4. The number of carbonyl (C=O) groups is 1. The Morgan fingerprint density at radius 1 is 1.21 bits per heavy atom. The van der Waals surface area contributed by atoms with Gasteiger partial charge >= 0.3 is 0 Å². The zero-order valence-corrected chi connectivity index (χ0v) is 18.6. The van der Waals surface area contributed by atoms with Crippen molar-refractivity contribution >= 4 is 17.5 Å². The lowest BCUT2D eigenvalue weighted by atomic mass is 9.94. The van der Waals surface area contributed by atoms with Gasteiger partial charge in [0.2, 0.25) is 5.95 Å². The average molecular weight is 448 g/mol. The standard InChI is InChI=1S/C24H26FN7O/c1-15-12-27-24(30-20-13-28-32(14-20)21-9-7-19(25)8-10-21)31-22(15)17-3-5-18(6-4-17)23(33)29-16(2)11-26/h3-6,12-14,16,19,21H,7-10H2,1-2H3,(H,29,33)(H,27,30,31)/t16-,19-,21+/m0/s1. The molecule has 1 aliphatic rings. The summed E-state index contributed by atoms with van der Waals surface area (Å²) in [5.41, 5.74) is 3.74. The van der Waals surface area contributed by atoms with Crippen molar-refractivity contribution in [1.29, 1.82) is 5.26 Å². The molecule has 2 N–H and O–H groups in total. The summed E-state index contributed by atoms with van der Waals surface area (Å²) in [6, 6.07) is 8.70. The normalized spacial score (nSPS) is 18.8. The SMILES string of the molecule is Cc1cnc(Nc2cnn([C@H]3CC[C@@H](F)CC3)c2)nc1-c1ccc(C(=O)N[C@@H](C)C#N)cc1. The maximum Gasteiger partial charge on any atom is 0.252 e. The number of aryl methyl sites for hydroxylation is 1. The Hall–Kier alpha value is -3.80. The molecule has 1 aliphatic carbocycles. The number of aromatic nitrogens is 4. The van der Waals surface area contributed by atoms with Crippen molar-refractivity contribution < 1.29 is 9.18 Å². The molecule has 0 spiro atoms. The summed E-state index contributed by atoms with van der Waals surface area (Å²) in [5, 5.41) is 19.1. The molecule has 9 heteroatoms. The number of nitrogens with one attached hydrogen (secondary N) is 2. The minimum Gasteiger partial charge on any atom is -0.337 e. The van der Waals surface area contributed by atoms with Crippen LogP contribution in [0.2, 0.25) is 0 Å². The summed E-state index contributed by atoms with van der Waals surface area (Å²) >= 11 is 0. The number of benzene rings is 1. The van der Waals surface area contributed by atoms with Crippen LogP contribution in [0.15, 0.2) is 42.9 Å². The van der Waals surface area contributed by atoms with Gasteiger partial charge < -0.3 is 10.6 Å². The molecule has 8 nitrogen and oxygen atoms in total. The van der Waals surface area contributed by atoms with Crippen LogP contribution in [0.5, 0.6) is 0 Å². The number of halogens is 1. The van der Waals surface area contributed by atoms with Crippen LogP contribution in [0, 0.1) is 18.3 Å². The summed E-state index contributed by atoms with van der Waals surface area (Å²) in [6.07, 6.45) is 7.41. The fraction of sp³-hybridized carbons (Fsp3) is 0.375. The number of alkyl halides is 1. The van der Waals surface area contributed by atoms with Gasteiger partial charge in [0, 0.05) is 23.5 Å². The Labute approximate surface area is 191 Å². The van der Waals surface area contributed by atoms with Crippen LogP contribution < -0.4 is 10.6 Å². The van der Waals surface area contributed by atoms with Crippen molar-refractivity contribution in [2.75, 3.05) is 5.32 Å². The predicted octanol–water partition coefficient (Wildman–Crippen LogP) is 4.49. The third-order valence-corrected chi connectivity index (χ3v) is 5.79. The van der Waals surface area contributed by atoms with E-state index in [4.69, 9.17) is 5.26 Å². The molecule has 2 heterocycles. The smallest absolute Gasteiger partial charge is 0.252 e. The molecule has 1 fully saturated rings. The first-order chi connectivity index (χ1) is 15.9. The zero-order chi connectivity index (χ0) is 23.4. The molecule has 1 saturated carbocycles. The second-order valence-electron chi connectivity index (χ2n) is 8.37. The Morgan fingerprint density at radius 3 is 2.64 bits per heavy atom. The van der Waals surface area contributed by atoms with Crippen molar-refractivity contribution in [2.45, 2.75) is 57.8 Å². The molecular weight excluding hydrogens is 421 g/mol. The Bertz CT molecular complexity index is 1160. The maximum absolute atomic E-state index is 13.4. The number of hydrogen-bond donors (Lipinski definition) is 2. The van der Waals surface area contributed by atoms with Crippen LogP contribution in [0.1, 0.15) is 54.6 Å². The molecule has 33 heavy (non-hydrogen) atoms. The van der Waals surface area contributed by atoms with E-state index in [-0.39, 0.29) is 11.9 Å². The van der Waals surface area contributed by atoms with Gasteiger partial charge in [-0.05, 0) is 57.2 Å². The van der Waals surface area contributed by atoms with Gasteiger partial charge in [-0.15, -0.1) is 0 Å². The van der Waals surface area contributed by atoms with Gasteiger partial charge in [-0.1, -0.05) is 12.1 Å². The highest BCUT2D eigenvalue weighted by atomic mass is 19.1. The molecule has 1 aromatic carbocycles. The lowest BCUT2D eigenvalue weighted by molar-refractivity contribution is 0.0948. The van der Waals surface area contributed by atoms with E-state index in [0.29, 0.717) is 24.4 Å². The molecule has 170 valence electrons. The Kier molecular flexibility index (Phi) is 6.63. The van der Waals surface area contributed by atoms with E-state index in [9.17, 15) is 9.18 Å². The van der Waals surface area contributed by atoms with Crippen molar-refractivity contribution in [1.82, 2.24) is 25.1 Å². The summed E-state index contributed by atoms with van der Waals surface area (Å²) in [5.74, 6) is 0.140. The van der Waals surface area contributed by atoms with Crippen LogP contribution in [0.4, 0.5) is 16.0 Å². The lowest BCUT2D eigenvalue weighted by Crippen LogP contribution is -2.31. The molecular formula is C24H26FN7O. The molecule has 0 saturated heterocycles. The van der Waals surface area contributed by atoms with Gasteiger partial charge in [0.1, 0.15) is 12.2 Å². The summed E-state index contributed by atoms with van der Waals surface area (Å²) in [7, 11) is 0. The van der Waals surface area contributed by atoms with Crippen molar-refractivity contribution in [3.63, 3.8) is 0 Å². The van der Waals surface area contributed by atoms with Crippen LogP contribution in [0.3, 0.4) is 0 Å². The topological polar surface area (TPSA) is 109 Å². The molecule has 1 atom stereocenters. The molecule has 0 unspecified atom stereocenters. The van der Waals surface area contributed by atoms with Crippen LogP contribution in [0.25, 0.3) is 11.3 Å². The monoisotopic (exact) mass is 447 g/mol. The second-order valence-corrected chi connectivity index (χ2v) is 8.37. The van der Waals surface area contributed by atoms with E-state index in [0.717, 1.165) is 35.3 Å². The first kappa shape index (κ1) is 22.4. The van der Waals surface area contributed by atoms with Gasteiger partial charge in [0.05, 0.1) is 29.7 Å². The largest absolute Gasteiger partial charge is 0.337 e. The summed E-state index contributed by atoms with van der Waals surface area (Å²) < 4.78 is 15.3. The van der Waals surface area contributed by atoms with E-state index in [1.165, 1.54) is 0 Å². The Morgan fingerprint density at radius 2 is 1.94 bits per heavy atom. The molecule has 1 amide bonds. The quantitative estimate of drug-likeness (QED) is 0.576. The third kappa shape index (κ3) is 5.34. The predicted molar refractivity (Wildman–Crippen MR) is 123 cm³/mol. The van der Waals surface area contributed by atoms with E-state index in [1.807, 2.05) is 36.0 Å². The van der Waals surface area contributed by atoms with Gasteiger partial charge in [-0.2, -0.15) is 10.4 Å². The molecule has 2 aromatic heterocycles. The van der Waals surface area contributed by atoms with E-state index >= 15 is 0 Å². The number of carbonyl (C=O) groups excluding carboxylic acids is 1. The fourth-order valence-electron chi connectivity index (χ4n) is 3.92. The van der Waals surface area contributed by atoms with E-state index < -0.39 is 12.2 Å². The number of rotatable bonds is 6. The number of amides is 1. The average Bonchev–Trinajstić information content (AvgIpc) is 3.29. The first-order valence-corrected chi connectivity index (χ1v) is 11.0. The number of nitriles is 1. The zero-order valence-electron chi connectivity index (χ0n) is 18.6. The van der Waals surface area contributed by atoms with Crippen molar-refractivity contribution in [2.24, 2.45) is 0 Å².